The van der Waals surface area contributed by atoms with E-state index in [0.717, 1.165) is 37.9 Å². The maximum absolute atomic E-state index is 12.5. The van der Waals surface area contributed by atoms with E-state index in [9.17, 15) is 9.90 Å². The number of aliphatic hydroxyl groups is 1. The van der Waals surface area contributed by atoms with E-state index in [1.165, 1.54) is 23.3 Å². The summed E-state index contributed by atoms with van der Waals surface area (Å²) in [5, 5.41) is 15.6. The van der Waals surface area contributed by atoms with Crippen LogP contribution in [0, 0.1) is 0 Å². The van der Waals surface area contributed by atoms with Crippen molar-refractivity contribution in [1.82, 2.24) is 5.32 Å². The quantitative estimate of drug-likeness (QED) is 0.839. The van der Waals surface area contributed by atoms with Crippen molar-refractivity contribution in [2.45, 2.75) is 55.8 Å². The second-order valence-electron chi connectivity index (χ2n) is 6.16. The Hall–Kier alpha value is -0.520. The number of thioether (sulfide) groups is 1. The van der Waals surface area contributed by atoms with Crippen LogP contribution in [0.5, 0.6) is 0 Å². The van der Waals surface area contributed by atoms with Gasteiger partial charge in [-0.15, -0.1) is 23.1 Å². The number of hydrogen-bond acceptors (Lipinski definition) is 4. The Morgan fingerprint density at radius 2 is 2.10 bits per heavy atom. The summed E-state index contributed by atoms with van der Waals surface area (Å²) in [6, 6.07) is 2.08. The number of carbonyl (C=O) groups is 1. The van der Waals surface area contributed by atoms with Gasteiger partial charge in [0.2, 0.25) is 5.91 Å². The summed E-state index contributed by atoms with van der Waals surface area (Å²) < 4.78 is 0. The minimum absolute atomic E-state index is 0.0667. The van der Waals surface area contributed by atoms with Gasteiger partial charge in [0.25, 0.3) is 0 Å². The number of nitrogens with one attached hydrogen (secondary N) is 1. The number of carbonyl (C=O) groups excluding carboxylic acids is 1. The Bertz CT molecular complexity index is 492. The largest absolute Gasteiger partial charge is 0.388 e. The molecule has 0 bridgehead atoms. The van der Waals surface area contributed by atoms with Crippen molar-refractivity contribution < 1.29 is 9.90 Å². The van der Waals surface area contributed by atoms with Gasteiger partial charge < -0.3 is 10.4 Å². The number of hydrogen-bond donors (Lipinski definition) is 2. The zero-order valence-corrected chi connectivity index (χ0v) is 13.9. The molecule has 3 nitrogen and oxygen atoms in total. The van der Waals surface area contributed by atoms with E-state index in [4.69, 9.17) is 0 Å². The fourth-order valence-corrected chi connectivity index (χ4v) is 5.59. The van der Waals surface area contributed by atoms with Crippen LogP contribution in [-0.2, 0) is 11.2 Å². The molecule has 1 aliphatic carbocycles. The minimum atomic E-state index is -0.691. The summed E-state index contributed by atoms with van der Waals surface area (Å²) in [6.07, 6.45) is 7.24. The van der Waals surface area contributed by atoms with Gasteiger partial charge in [-0.25, -0.2) is 0 Å². The van der Waals surface area contributed by atoms with E-state index >= 15 is 0 Å². The van der Waals surface area contributed by atoms with E-state index in [1.54, 1.807) is 23.1 Å². The van der Waals surface area contributed by atoms with Gasteiger partial charge in [0.05, 0.1) is 5.60 Å². The molecule has 1 saturated carbocycles. The molecule has 0 aromatic carbocycles. The Kier molecular flexibility index (Phi) is 4.92. The lowest BCUT2D eigenvalue weighted by molar-refractivity contribution is -0.122. The van der Waals surface area contributed by atoms with Gasteiger partial charge in [0.1, 0.15) is 5.25 Å². The highest BCUT2D eigenvalue weighted by molar-refractivity contribution is 8.00. The molecule has 1 aliphatic heterocycles. The first-order valence-electron chi connectivity index (χ1n) is 7.86. The molecule has 0 radical (unpaired) electrons. The first-order chi connectivity index (χ1) is 10.2. The third-order valence-corrected chi connectivity index (χ3v) is 6.78. The molecule has 2 aliphatic rings. The van der Waals surface area contributed by atoms with Gasteiger partial charge in [-0.05, 0) is 42.0 Å². The summed E-state index contributed by atoms with van der Waals surface area (Å²) in [5.41, 5.74) is 0.491. The number of thiophene rings is 1. The smallest absolute Gasteiger partial charge is 0.237 e. The first kappa shape index (κ1) is 15.4. The van der Waals surface area contributed by atoms with Gasteiger partial charge in [-0.3, -0.25) is 4.79 Å². The molecule has 1 aromatic rings. The van der Waals surface area contributed by atoms with Crippen LogP contribution in [0.3, 0.4) is 0 Å². The van der Waals surface area contributed by atoms with Crippen LogP contribution in [0.2, 0.25) is 0 Å². The normalized spacial score (nSPS) is 24.9. The fraction of sp³-hybridized carbons (Fsp3) is 0.688. The van der Waals surface area contributed by atoms with Gasteiger partial charge >= 0.3 is 0 Å². The SMILES string of the molecule is O=C(NCC1(O)CCCCCC1)C1SCCc2sccc21. The molecule has 1 aromatic heterocycles. The Morgan fingerprint density at radius 1 is 1.33 bits per heavy atom. The minimum Gasteiger partial charge on any atom is -0.388 e. The lowest BCUT2D eigenvalue weighted by Gasteiger charge is -2.28. The maximum Gasteiger partial charge on any atom is 0.237 e. The molecule has 1 unspecified atom stereocenters. The zero-order chi connectivity index (χ0) is 14.7. The molecule has 2 N–H and O–H groups in total. The van der Waals surface area contributed by atoms with Crippen LogP contribution in [0.4, 0.5) is 0 Å². The zero-order valence-electron chi connectivity index (χ0n) is 12.3. The number of amides is 1. The Balaban J connectivity index is 1.60. The fourth-order valence-electron chi connectivity index (χ4n) is 3.27. The standard InChI is InChI=1S/C16H23NO2S2/c18-15(14-12-5-9-20-13(12)6-10-21-14)17-11-16(19)7-3-1-2-4-8-16/h5,9,14,19H,1-4,6-8,10-11H2,(H,17,18). The van der Waals surface area contributed by atoms with Gasteiger partial charge in [-0.2, -0.15) is 0 Å². The highest BCUT2D eigenvalue weighted by Crippen LogP contribution is 2.39. The van der Waals surface area contributed by atoms with Crippen LogP contribution in [0.25, 0.3) is 0 Å². The summed E-state index contributed by atoms with van der Waals surface area (Å²) in [7, 11) is 0. The molecule has 5 heteroatoms. The van der Waals surface area contributed by atoms with Crippen LogP contribution in [0.15, 0.2) is 11.4 Å². The van der Waals surface area contributed by atoms with Crippen molar-refractivity contribution in [2.75, 3.05) is 12.3 Å². The van der Waals surface area contributed by atoms with Crippen LogP contribution < -0.4 is 5.32 Å². The topological polar surface area (TPSA) is 49.3 Å². The lowest BCUT2D eigenvalue weighted by atomic mass is 9.94. The predicted octanol–water partition coefficient (Wildman–Crippen LogP) is 3.28. The van der Waals surface area contributed by atoms with E-state index < -0.39 is 5.60 Å². The summed E-state index contributed by atoms with van der Waals surface area (Å²) in [5.74, 6) is 1.08. The van der Waals surface area contributed by atoms with Gasteiger partial charge in [-0.1, -0.05) is 25.7 Å². The third-order valence-electron chi connectivity index (χ3n) is 4.54. The number of aryl methyl sites for hydroxylation is 1. The Labute approximate surface area is 134 Å². The number of fused-ring (bicyclic) bond motifs is 1. The molecule has 1 amide bonds. The molecular weight excluding hydrogens is 302 g/mol. The van der Waals surface area contributed by atoms with Crippen LogP contribution in [0.1, 0.15) is 54.2 Å². The third kappa shape index (κ3) is 3.63. The van der Waals surface area contributed by atoms with Crippen molar-refractivity contribution >= 4 is 29.0 Å². The maximum atomic E-state index is 12.5. The van der Waals surface area contributed by atoms with Crippen molar-refractivity contribution in [1.29, 1.82) is 0 Å². The van der Waals surface area contributed by atoms with Crippen molar-refractivity contribution in [2.24, 2.45) is 0 Å². The van der Waals surface area contributed by atoms with Crippen molar-refractivity contribution in [3.8, 4) is 0 Å². The van der Waals surface area contributed by atoms with E-state index in [1.807, 2.05) is 0 Å². The summed E-state index contributed by atoms with van der Waals surface area (Å²) >= 11 is 3.47. The molecule has 116 valence electrons. The van der Waals surface area contributed by atoms with E-state index in [-0.39, 0.29) is 11.2 Å². The molecule has 1 atom stereocenters. The van der Waals surface area contributed by atoms with Gasteiger partial charge in [0.15, 0.2) is 0 Å². The number of rotatable bonds is 3. The molecule has 21 heavy (non-hydrogen) atoms. The predicted molar refractivity (Wildman–Crippen MR) is 88.9 cm³/mol. The second kappa shape index (κ2) is 6.71. The summed E-state index contributed by atoms with van der Waals surface area (Å²) in [6.45, 7) is 0.405. The first-order valence-corrected chi connectivity index (χ1v) is 9.79. The summed E-state index contributed by atoms with van der Waals surface area (Å²) in [4.78, 5) is 13.8. The molecule has 0 spiro atoms. The van der Waals surface area contributed by atoms with Crippen LogP contribution >= 0.6 is 23.1 Å². The lowest BCUT2D eigenvalue weighted by Crippen LogP contribution is -2.44. The average molecular weight is 325 g/mol. The highest BCUT2D eigenvalue weighted by Gasteiger charge is 2.32. The van der Waals surface area contributed by atoms with Crippen LogP contribution in [-0.4, -0.2) is 28.9 Å². The van der Waals surface area contributed by atoms with E-state index in [0.29, 0.717) is 6.54 Å². The highest BCUT2D eigenvalue weighted by atomic mass is 32.2. The Morgan fingerprint density at radius 3 is 2.86 bits per heavy atom. The monoisotopic (exact) mass is 325 g/mol. The van der Waals surface area contributed by atoms with Gasteiger partial charge in [0, 0.05) is 11.4 Å². The molecule has 3 rings (SSSR count). The van der Waals surface area contributed by atoms with E-state index in [2.05, 4.69) is 16.8 Å². The average Bonchev–Trinajstić information content (AvgIpc) is 2.87. The molecule has 2 heterocycles. The molecule has 0 saturated heterocycles. The molecule has 1 fully saturated rings. The molecular formula is C16H23NO2S2. The second-order valence-corrected chi connectivity index (χ2v) is 8.37. The van der Waals surface area contributed by atoms with Crippen molar-refractivity contribution in [3.05, 3.63) is 21.9 Å². The van der Waals surface area contributed by atoms with Crippen molar-refractivity contribution in [3.63, 3.8) is 0 Å².